The zero-order valence-corrected chi connectivity index (χ0v) is 8.54. The van der Waals surface area contributed by atoms with Crippen molar-refractivity contribution in [2.75, 3.05) is 5.73 Å². The third-order valence-corrected chi connectivity index (χ3v) is 2.51. The molecule has 0 saturated carbocycles. The zero-order valence-electron chi connectivity index (χ0n) is 8.54. The van der Waals surface area contributed by atoms with Gasteiger partial charge in [0.05, 0.1) is 11.9 Å². The summed E-state index contributed by atoms with van der Waals surface area (Å²) in [6.45, 7) is 0. The van der Waals surface area contributed by atoms with E-state index in [9.17, 15) is 0 Å². The molecule has 0 atom stereocenters. The molecule has 0 fully saturated rings. The third kappa shape index (κ3) is 1.40. The Morgan fingerprint density at radius 3 is 2.56 bits per heavy atom. The van der Waals surface area contributed by atoms with E-state index in [0.717, 1.165) is 5.69 Å². The highest BCUT2D eigenvalue weighted by Gasteiger charge is 2.00. The van der Waals surface area contributed by atoms with Crippen molar-refractivity contribution >= 4 is 16.6 Å². The van der Waals surface area contributed by atoms with E-state index in [1.807, 2.05) is 18.2 Å². The summed E-state index contributed by atoms with van der Waals surface area (Å²) in [4.78, 5) is 0. The van der Waals surface area contributed by atoms with Crippen molar-refractivity contribution in [2.24, 2.45) is 0 Å². The molecule has 78 valence electrons. The molecule has 2 aromatic carbocycles. The molecule has 3 aromatic rings. The van der Waals surface area contributed by atoms with E-state index in [2.05, 4.69) is 34.6 Å². The molecule has 0 aliphatic heterocycles. The number of hydrogen-bond acceptors (Lipinski definition) is 3. The van der Waals surface area contributed by atoms with Crippen molar-refractivity contribution in [1.29, 1.82) is 0 Å². The summed E-state index contributed by atoms with van der Waals surface area (Å²) < 4.78 is 1.67. The van der Waals surface area contributed by atoms with Crippen LogP contribution in [0.15, 0.2) is 48.7 Å². The van der Waals surface area contributed by atoms with Crippen LogP contribution in [0.25, 0.3) is 16.5 Å². The highest BCUT2D eigenvalue weighted by atomic mass is 15.4. The Morgan fingerprint density at radius 1 is 1.00 bits per heavy atom. The fraction of sp³-hybridized carbons (Fsp3) is 0. The predicted octanol–water partition coefficient (Wildman–Crippen LogP) is 2.00. The number of nitrogens with two attached hydrogens (primary N) is 1. The number of benzene rings is 2. The predicted molar refractivity (Wildman–Crippen MR) is 63.3 cm³/mol. The van der Waals surface area contributed by atoms with E-state index in [4.69, 9.17) is 5.73 Å². The van der Waals surface area contributed by atoms with Gasteiger partial charge < -0.3 is 5.73 Å². The smallest absolute Gasteiger partial charge is 0.166 e. The van der Waals surface area contributed by atoms with Gasteiger partial charge in [0.15, 0.2) is 5.82 Å². The first-order chi connectivity index (χ1) is 7.83. The lowest BCUT2D eigenvalue weighted by Crippen LogP contribution is -1.94. The minimum Gasteiger partial charge on any atom is -0.381 e. The number of aromatic nitrogens is 3. The Labute approximate surface area is 92.3 Å². The van der Waals surface area contributed by atoms with Gasteiger partial charge >= 0.3 is 0 Å². The summed E-state index contributed by atoms with van der Waals surface area (Å²) in [5, 5.41) is 10.1. The van der Waals surface area contributed by atoms with Gasteiger partial charge in [-0.1, -0.05) is 35.5 Å². The van der Waals surface area contributed by atoms with Crippen LogP contribution in [0.5, 0.6) is 0 Å². The standard InChI is InChI=1S/C12H10N4/c13-12-8-16(15-14-12)11-6-5-9-3-1-2-4-10(9)7-11/h1-8H,13H2. The van der Waals surface area contributed by atoms with Gasteiger partial charge in [-0.25, -0.2) is 4.68 Å². The minimum absolute atomic E-state index is 0.424. The van der Waals surface area contributed by atoms with Crippen LogP contribution in [0.1, 0.15) is 0 Å². The van der Waals surface area contributed by atoms with Crippen molar-refractivity contribution in [3.63, 3.8) is 0 Å². The van der Waals surface area contributed by atoms with Crippen LogP contribution in [-0.2, 0) is 0 Å². The maximum Gasteiger partial charge on any atom is 0.166 e. The second kappa shape index (κ2) is 3.34. The lowest BCUT2D eigenvalue weighted by Gasteiger charge is -2.02. The van der Waals surface area contributed by atoms with Gasteiger partial charge in [-0.05, 0) is 22.9 Å². The molecule has 0 aliphatic carbocycles. The topological polar surface area (TPSA) is 56.7 Å². The largest absolute Gasteiger partial charge is 0.381 e. The summed E-state index contributed by atoms with van der Waals surface area (Å²) in [6.07, 6.45) is 1.70. The molecule has 0 unspecified atom stereocenters. The Hall–Kier alpha value is -2.36. The lowest BCUT2D eigenvalue weighted by molar-refractivity contribution is 0.805. The molecule has 1 aromatic heterocycles. The van der Waals surface area contributed by atoms with Crippen LogP contribution in [0.3, 0.4) is 0 Å². The first-order valence-electron chi connectivity index (χ1n) is 5.00. The fourth-order valence-corrected chi connectivity index (χ4v) is 1.72. The normalized spacial score (nSPS) is 10.8. The Kier molecular flexibility index (Phi) is 1.86. The van der Waals surface area contributed by atoms with Gasteiger partial charge in [-0.2, -0.15) is 0 Å². The SMILES string of the molecule is Nc1cn(-c2ccc3ccccc3c2)nn1. The highest BCUT2D eigenvalue weighted by molar-refractivity contribution is 5.84. The Morgan fingerprint density at radius 2 is 1.81 bits per heavy atom. The molecule has 0 bridgehead atoms. The number of fused-ring (bicyclic) bond motifs is 1. The average Bonchev–Trinajstić information content (AvgIpc) is 2.75. The molecular weight excluding hydrogens is 200 g/mol. The molecule has 0 radical (unpaired) electrons. The zero-order chi connectivity index (χ0) is 11.0. The summed E-state index contributed by atoms with van der Waals surface area (Å²) in [5.41, 5.74) is 6.50. The second-order valence-corrected chi connectivity index (χ2v) is 3.62. The van der Waals surface area contributed by atoms with Crippen molar-refractivity contribution in [3.05, 3.63) is 48.7 Å². The molecule has 1 heterocycles. The molecule has 0 amide bonds. The summed E-state index contributed by atoms with van der Waals surface area (Å²) >= 11 is 0. The van der Waals surface area contributed by atoms with Crippen LogP contribution in [0, 0.1) is 0 Å². The molecule has 0 spiro atoms. The second-order valence-electron chi connectivity index (χ2n) is 3.62. The van der Waals surface area contributed by atoms with Crippen LogP contribution < -0.4 is 5.73 Å². The molecule has 0 aliphatic rings. The first-order valence-corrected chi connectivity index (χ1v) is 5.00. The van der Waals surface area contributed by atoms with Crippen LogP contribution >= 0.6 is 0 Å². The Balaban J connectivity index is 2.18. The third-order valence-electron chi connectivity index (χ3n) is 2.51. The van der Waals surface area contributed by atoms with Crippen molar-refractivity contribution < 1.29 is 0 Å². The van der Waals surface area contributed by atoms with Gasteiger partial charge in [0.25, 0.3) is 0 Å². The number of rotatable bonds is 1. The van der Waals surface area contributed by atoms with Gasteiger partial charge in [0.2, 0.25) is 0 Å². The van der Waals surface area contributed by atoms with Crippen molar-refractivity contribution in [2.45, 2.75) is 0 Å². The molecule has 16 heavy (non-hydrogen) atoms. The van der Waals surface area contributed by atoms with E-state index >= 15 is 0 Å². The van der Waals surface area contributed by atoms with Crippen LogP contribution in [-0.4, -0.2) is 15.0 Å². The molecule has 4 nitrogen and oxygen atoms in total. The van der Waals surface area contributed by atoms with E-state index in [1.165, 1.54) is 10.8 Å². The van der Waals surface area contributed by atoms with Crippen molar-refractivity contribution in [1.82, 2.24) is 15.0 Å². The number of hydrogen-bond donors (Lipinski definition) is 1. The average molecular weight is 210 g/mol. The van der Waals surface area contributed by atoms with Crippen molar-refractivity contribution in [3.8, 4) is 5.69 Å². The molecule has 3 rings (SSSR count). The van der Waals surface area contributed by atoms with Crippen LogP contribution in [0.2, 0.25) is 0 Å². The molecular formula is C12H10N4. The maximum atomic E-state index is 5.53. The quantitative estimate of drug-likeness (QED) is 0.668. The van der Waals surface area contributed by atoms with E-state index < -0.39 is 0 Å². The van der Waals surface area contributed by atoms with E-state index in [1.54, 1.807) is 10.9 Å². The minimum atomic E-state index is 0.424. The molecule has 2 N–H and O–H groups in total. The van der Waals surface area contributed by atoms with Gasteiger partial charge in [-0.15, -0.1) is 5.10 Å². The number of nitrogens with zero attached hydrogens (tertiary/aromatic N) is 3. The van der Waals surface area contributed by atoms with E-state index in [0.29, 0.717) is 5.82 Å². The maximum absolute atomic E-state index is 5.53. The number of nitrogen functional groups attached to an aromatic ring is 1. The summed E-state index contributed by atoms with van der Waals surface area (Å²) in [5.74, 6) is 0.424. The highest BCUT2D eigenvalue weighted by Crippen LogP contribution is 2.17. The van der Waals surface area contributed by atoms with E-state index in [-0.39, 0.29) is 0 Å². The first kappa shape index (κ1) is 8.91. The Bertz CT molecular complexity index is 642. The summed E-state index contributed by atoms with van der Waals surface area (Å²) in [6, 6.07) is 14.3. The monoisotopic (exact) mass is 210 g/mol. The molecule has 0 saturated heterocycles. The summed E-state index contributed by atoms with van der Waals surface area (Å²) in [7, 11) is 0. The van der Waals surface area contributed by atoms with Gasteiger partial charge in [0.1, 0.15) is 0 Å². The van der Waals surface area contributed by atoms with Gasteiger partial charge in [-0.3, -0.25) is 0 Å². The fourth-order valence-electron chi connectivity index (χ4n) is 1.72. The van der Waals surface area contributed by atoms with Gasteiger partial charge in [0, 0.05) is 0 Å². The molecule has 4 heteroatoms. The lowest BCUT2D eigenvalue weighted by atomic mass is 10.1. The number of anilines is 1. The van der Waals surface area contributed by atoms with Crippen LogP contribution in [0.4, 0.5) is 5.82 Å².